The summed E-state index contributed by atoms with van der Waals surface area (Å²) in [5, 5.41) is 3.15. The fourth-order valence-corrected chi connectivity index (χ4v) is 4.16. The van der Waals surface area contributed by atoms with Crippen molar-refractivity contribution in [2.45, 2.75) is 45.2 Å². The predicted molar refractivity (Wildman–Crippen MR) is 106 cm³/mol. The standard InChI is InChI=1S/C23H24N2O3/c1-15-7-2-5-12-20(15)24-21(26)17-9-6-8-16(13-17)14-25-22(27)18-10-3-4-11-19(18)23(25)28/h3-4,6,8-11,13,15,20H,2,5,7,12,14H2,1H3,(H,24,26)/t15-,20+/m0/s1. The lowest BCUT2D eigenvalue weighted by atomic mass is 9.86. The van der Waals surface area contributed by atoms with Gasteiger partial charge in [-0.05, 0) is 48.6 Å². The zero-order chi connectivity index (χ0) is 19.7. The van der Waals surface area contributed by atoms with Gasteiger partial charge in [0.25, 0.3) is 17.7 Å². The highest BCUT2D eigenvalue weighted by Gasteiger charge is 2.35. The van der Waals surface area contributed by atoms with Gasteiger partial charge in [0, 0.05) is 11.6 Å². The van der Waals surface area contributed by atoms with Crippen LogP contribution in [0.15, 0.2) is 48.5 Å². The first-order chi connectivity index (χ1) is 13.5. The molecule has 0 spiro atoms. The highest BCUT2D eigenvalue weighted by atomic mass is 16.2. The van der Waals surface area contributed by atoms with E-state index < -0.39 is 0 Å². The van der Waals surface area contributed by atoms with Crippen LogP contribution in [0.5, 0.6) is 0 Å². The number of hydrogen-bond donors (Lipinski definition) is 1. The Morgan fingerprint density at radius 1 is 1.00 bits per heavy atom. The van der Waals surface area contributed by atoms with Crippen LogP contribution in [0.4, 0.5) is 0 Å². The van der Waals surface area contributed by atoms with Crippen LogP contribution in [-0.2, 0) is 6.54 Å². The maximum absolute atomic E-state index is 12.7. The number of fused-ring (bicyclic) bond motifs is 1. The van der Waals surface area contributed by atoms with Gasteiger partial charge in [-0.1, -0.05) is 44.0 Å². The number of nitrogens with zero attached hydrogens (tertiary/aromatic N) is 1. The van der Waals surface area contributed by atoms with Crippen LogP contribution in [0.3, 0.4) is 0 Å². The number of carbonyl (C=O) groups is 3. The summed E-state index contributed by atoms with van der Waals surface area (Å²) in [7, 11) is 0. The van der Waals surface area contributed by atoms with Gasteiger partial charge in [0.15, 0.2) is 0 Å². The van der Waals surface area contributed by atoms with E-state index in [4.69, 9.17) is 0 Å². The van der Waals surface area contributed by atoms with Crippen molar-refractivity contribution in [3.8, 4) is 0 Å². The number of carbonyl (C=O) groups excluding carboxylic acids is 3. The second kappa shape index (κ2) is 7.58. The van der Waals surface area contributed by atoms with Crippen LogP contribution < -0.4 is 5.32 Å². The van der Waals surface area contributed by atoms with Crippen LogP contribution >= 0.6 is 0 Å². The summed E-state index contributed by atoms with van der Waals surface area (Å²) in [4.78, 5) is 39.0. The Labute approximate surface area is 164 Å². The Morgan fingerprint density at radius 3 is 2.36 bits per heavy atom. The number of nitrogens with one attached hydrogen (secondary N) is 1. The summed E-state index contributed by atoms with van der Waals surface area (Å²) in [6.45, 7) is 2.34. The Balaban J connectivity index is 1.48. The monoisotopic (exact) mass is 376 g/mol. The molecule has 5 heteroatoms. The van der Waals surface area contributed by atoms with Gasteiger partial charge in [-0.15, -0.1) is 0 Å². The maximum Gasteiger partial charge on any atom is 0.261 e. The van der Waals surface area contributed by atoms with E-state index in [9.17, 15) is 14.4 Å². The van der Waals surface area contributed by atoms with E-state index in [1.54, 1.807) is 42.5 Å². The molecule has 3 amide bonds. The molecule has 1 aliphatic heterocycles. The van der Waals surface area contributed by atoms with Gasteiger partial charge in [-0.25, -0.2) is 0 Å². The van der Waals surface area contributed by atoms with Crippen molar-refractivity contribution in [3.05, 3.63) is 70.8 Å². The average molecular weight is 376 g/mol. The summed E-state index contributed by atoms with van der Waals surface area (Å²) in [6.07, 6.45) is 4.53. The van der Waals surface area contributed by atoms with Crippen LogP contribution in [0.2, 0.25) is 0 Å². The first-order valence-corrected chi connectivity index (χ1v) is 9.89. The molecule has 5 nitrogen and oxygen atoms in total. The predicted octanol–water partition coefficient (Wildman–Crippen LogP) is 3.79. The molecule has 144 valence electrons. The highest BCUT2D eigenvalue weighted by Crippen LogP contribution is 2.25. The number of hydrogen-bond acceptors (Lipinski definition) is 3. The van der Waals surface area contributed by atoms with Gasteiger partial charge < -0.3 is 5.32 Å². The van der Waals surface area contributed by atoms with Crippen molar-refractivity contribution in [1.82, 2.24) is 10.2 Å². The summed E-state index contributed by atoms with van der Waals surface area (Å²) in [6, 6.07) is 14.2. The minimum absolute atomic E-state index is 0.0945. The van der Waals surface area contributed by atoms with Crippen molar-refractivity contribution < 1.29 is 14.4 Å². The van der Waals surface area contributed by atoms with Gasteiger partial charge >= 0.3 is 0 Å². The van der Waals surface area contributed by atoms with E-state index >= 15 is 0 Å². The minimum Gasteiger partial charge on any atom is -0.349 e. The van der Waals surface area contributed by atoms with E-state index in [0.29, 0.717) is 22.6 Å². The SMILES string of the molecule is C[C@H]1CCCC[C@H]1NC(=O)c1cccc(CN2C(=O)c3ccccc3C2=O)c1. The first kappa shape index (κ1) is 18.4. The zero-order valence-electron chi connectivity index (χ0n) is 16.0. The quantitative estimate of drug-likeness (QED) is 0.826. The third-order valence-electron chi connectivity index (χ3n) is 5.84. The summed E-state index contributed by atoms with van der Waals surface area (Å²) in [5.41, 5.74) is 2.20. The molecule has 0 unspecified atom stereocenters. The van der Waals surface area contributed by atoms with Crippen molar-refractivity contribution >= 4 is 17.7 Å². The summed E-state index contributed by atoms with van der Waals surface area (Å²) in [5.74, 6) is -0.180. The number of imide groups is 1. The van der Waals surface area contributed by atoms with Crippen LogP contribution in [0, 0.1) is 5.92 Å². The molecule has 1 heterocycles. The fraction of sp³-hybridized carbons (Fsp3) is 0.348. The Kier molecular flexibility index (Phi) is 4.99. The lowest BCUT2D eigenvalue weighted by Gasteiger charge is -2.29. The molecule has 1 fully saturated rings. The van der Waals surface area contributed by atoms with Gasteiger partial charge in [0.1, 0.15) is 0 Å². The molecule has 2 aliphatic rings. The molecule has 4 rings (SSSR count). The van der Waals surface area contributed by atoms with Crippen molar-refractivity contribution in [2.24, 2.45) is 5.92 Å². The van der Waals surface area contributed by atoms with Gasteiger partial charge in [-0.2, -0.15) is 0 Å². The lowest BCUT2D eigenvalue weighted by molar-refractivity contribution is 0.0642. The number of rotatable bonds is 4. The molecule has 0 saturated heterocycles. The molecule has 0 radical (unpaired) electrons. The smallest absolute Gasteiger partial charge is 0.261 e. The maximum atomic E-state index is 12.7. The minimum atomic E-state index is -0.286. The van der Waals surface area contributed by atoms with E-state index in [1.807, 2.05) is 6.07 Å². The van der Waals surface area contributed by atoms with Gasteiger partial charge in [0.05, 0.1) is 17.7 Å². The molecular formula is C23H24N2O3. The number of benzene rings is 2. The molecular weight excluding hydrogens is 352 g/mol. The molecule has 2 atom stereocenters. The topological polar surface area (TPSA) is 66.5 Å². The largest absolute Gasteiger partial charge is 0.349 e. The van der Waals surface area contributed by atoms with Crippen molar-refractivity contribution in [2.75, 3.05) is 0 Å². The van der Waals surface area contributed by atoms with E-state index in [2.05, 4.69) is 12.2 Å². The molecule has 28 heavy (non-hydrogen) atoms. The third kappa shape index (κ3) is 3.44. The molecule has 1 N–H and O–H groups in total. The van der Waals surface area contributed by atoms with E-state index in [-0.39, 0.29) is 30.3 Å². The summed E-state index contributed by atoms with van der Waals surface area (Å²) >= 11 is 0. The van der Waals surface area contributed by atoms with Crippen LogP contribution in [0.1, 0.15) is 69.2 Å². The van der Waals surface area contributed by atoms with Gasteiger partial charge in [0.2, 0.25) is 0 Å². The molecule has 1 aliphatic carbocycles. The van der Waals surface area contributed by atoms with E-state index in [1.165, 1.54) is 11.3 Å². The zero-order valence-corrected chi connectivity index (χ0v) is 16.0. The Bertz CT molecular complexity index is 902. The third-order valence-corrected chi connectivity index (χ3v) is 5.84. The molecule has 0 bridgehead atoms. The van der Waals surface area contributed by atoms with E-state index in [0.717, 1.165) is 24.8 Å². The first-order valence-electron chi connectivity index (χ1n) is 9.89. The van der Waals surface area contributed by atoms with Crippen molar-refractivity contribution in [1.29, 1.82) is 0 Å². The highest BCUT2D eigenvalue weighted by molar-refractivity contribution is 6.21. The van der Waals surface area contributed by atoms with Crippen molar-refractivity contribution in [3.63, 3.8) is 0 Å². The molecule has 2 aromatic carbocycles. The van der Waals surface area contributed by atoms with Gasteiger partial charge in [-0.3, -0.25) is 19.3 Å². The Morgan fingerprint density at radius 2 is 1.68 bits per heavy atom. The average Bonchev–Trinajstić information content (AvgIpc) is 2.95. The molecule has 1 saturated carbocycles. The normalized spacial score (nSPS) is 21.5. The summed E-state index contributed by atoms with van der Waals surface area (Å²) < 4.78 is 0. The second-order valence-electron chi connectivity index (χ2n) is 7.78. The number of amides is 3. The van der Waals surface area contributed by atoms with Crippen LogP contribution in [0.25, 0.3) is 0 Å². The van der Waals surface area contributed by atoms with Crippen LogP contribution in [-0.4, -0.2) is 28.7 Å². The Hall–Kier alpha value is -2.95. The molecule has 2 aromatic rings. The lowest BCUT2D eigenvalue weighted by Crippen LogP contribution is -2.41. The molecule has 0 aromatic heterocycles. The fourth-order valence-electron chi connectivity index (χ4n) is 4.16. The second-order valence-corrected chi connectivity index (χ2v) is 7.78.